The highest BCUT2D eigenvalue weighted by Crippen LogP contribution is 2.20. The van der Waals surface area contributed by atoms with E-state index in [1.165, 1.54) is 10.5 Å². The quantitative estimate of drug-likeness (QED) is 0.824. The number of furan rings is 1. The first-order valence-electron chi connectivity index (χ1n) is 5.71. The van der Waals surface area contributed by atoms with E-state index in [1.54, 1.807) is 18.0 Å². The molecule has 0 aliphatic heterocycles. The predicted octanol–water partition coefficient (Wildman–Crippen LogP) is 3.25. The first-order chi connectivity index (χ1) is 8.24. The van der Waals surface area contributed by atoms with Crippen molar-refractivity contribution in [3.05, 3.63) is 54.0 Å². The Morgan fingerprint density at radius 1 is 1.29 bits per heavy atom. The molecule has 3 heteroatoms. The second-order valence-corrected chi connectivity index (χ2v) is 5.26. The number of aryl methyl sites for hydroxylation is 1. The van der Waals surface area contributed by atoms with E-state index in [9.17, 15) is 0 Å². The predicted molar refractivity (Wildman–Crippen MR) is 72.3 cm³/mol. The molecular formula is C14H17NOS. The van der Waals surface area contributed by atoms with E-state index >= 15 is 0 Å². The molecular weight excluding hydrogens is 230 g/mol. The van der Waals surface area contributed by atoms with Gasteiger partial charge in [-0.3, -0.25) is 0 Å². The van der Waals surface area contributed by atoms with Gasteiger partial charge in [-0.2, -0.15) is 0 Å². The Morgan fingerprint density at radius 3 is 2.88 bits per heavy atom. The van der Waals surface area contributed by atoms with Crippen LogP contribution in [0.4, 0.5) is 0 Å². The van der Waals surface area contributed by atoms with Gasteiger partial charge in [0.2, 0.25) is 0 Å². The van der Waals surface area contributed by atoms with Crippen molar-refractivity contribution < 1.29 is 4.42 Å². The Hall–Kier alpha value is -1.19. The molecule has 0 spiro atoms. The van der Waals surface area contributed by atoms with Crippen LogP contribution in [0.1, 0.15) is 11.3 Å². The molecule has 2 aromatic rings. The molecule has 1 atom stereocenters. The highest BCUT2D eigenvalue weighted by molar-refractivity contribution is 7.99. The van der Waals surface area contributed by atoms with Crippen LogP contribution in [0.3, 0.4) is 0 Å². The van der Waals surface area contributed by atoms with Crippen LogP contribution in [0, 0.1) is 6.92 Å². The van der Waals surface area contributed by atoms with Gasteiger partial charge in [0.05, 0.1) is 6.26 Å². The fraction of sp³-hybridized carbons (Fsp3) is 0.286. The van der Waals surface area contributed by atoms with E-state index in [0.717, 1.165) is 17.9 Å². The summed E-state index contributed by atoms with van der Waals surface area (Å²) in [6.07, 6.45) is 2.49. The lowest BCUT2D eigenvalue weighted by Crippen LogP contribution is -2.25. The molecule has 0 radical (unpaired) electrons. The van der Waals surface area contributed by atoms with Crippen LogP contribution >= 0.6 is 11.8 Å². The highest BCUT2D eigenvalue weighted by Gasteiger charge is 2.06. The van der Waals surface area contributed by atoms with Crippen LogP contribution in [0.2, 0.25) is 0 Å². The van der Waals surface area contributed by atoms with Gasteiger partial charge in [0.15, 0.2) is 0 Å². The van der Waals surface area contributed by atoms with Crippen molar-refractivity contribution in [2.75, 3.05) is 5.75 Å². The largest absolute Gasteiger partial charge is 0.469 e. The van der Waals surface area contributed by atoms with Crippen LogP contribution in [-0.4, -0.2) is 11.8 Å². The van der Waals surface area contributed by atoms with Crippen LogP contribution < -0.4 is 5.73 Å². The van der Waals surface area contributed by atoms with Gasteiger partial charge in [-0.15, -0.1) is 11.8 Å². The smallest absolute Gasteiger partial charge is 0.105 e. The Balaban J connectivity index is 1.82. The molecule has 2 nitrogen and oxygen atoms in total. The topological polar surface area (TPSA) is 39.2 Å². The third-order valence-electron chi connectivity index (χ3n) is 2.50. The lowest BCUT2D eigenvalue weighted by Gasteiger charge is -2.09. The molecule has 0 saturated heterocycles. The zero-order valence-corrected chi connectivity index (χ0v) is 10.7. The van der Waals surface area contributed by atoms with Crippen molar-refractivity contribution in [3.8, 4) is 0 Å². The first-order valence-corrected chi connectivity index (χ1v) is 6.70. The molecule has 2 rings (SSSR count). The standard InChI is InChI=1S/C14H17NOS/c1-11-4-2-6-14(8-11)17-10-12(15)9-13-5-3-7-16-13/h2-8,12H,9-10,15H2,1H3. The van der Waals surface area contributed by atoms with E-state index in [2.05, 4.69) is 31.2 Å². The maximum Gasteiger partial charge on any atom is 0.105 e. The SMILES string of the molecule is Cc1cccc(SCC(N)Cc2ccco2)c1. The maximum absolute atomic E-state index is 6.07. The zero-order chi connectivity index (χ0) is 12.1. The lowest BCUT2D eigenvalue weighted by atomic mass is 10.2. The van der Waals surface area contributed by atoms with E-state index in [1.807, 2.05) is 12.1 Å². The zero-order valence-electron chi connectivity index (χ0n) is 9.93. The summed E-state index contributed by atoms with van der Waals surface area (Å²) in [6.45, 7) is 2.10. The molecule has 1 aromatic heterocycles. The van der Waals surface area contributed by atoms with Gasteiger partial charge in [0.25, 0.3) is 0 Å². The monoisotopic (exact) mass is 247 g/mol. The van der Waals surface area contributed by atoms with Crippen LogP contribution in [0.25, 0.3) is 0 Å². The molecule has 17 heavy (non-hydrogen) atoms. The van der Waals surface area contributed by atoms with Crippen LogP contribution in [-0.2, 0) is 6.42 Å². The minimum atomic E-state index is 0.131. The average Bonchev–Trinajstić information content (AvgIpc) is 2.79. The van der Waals surface area contributed by atoms with E-state index in [4.69, 9.17) is 10.2 Å². The molecule has 1 heterocycles. The molecule has 0 aliphatic carbocycles. The summed E-state index contributed by atoms with van der Waals surface area (Å²) in [5.41, 5.74) is 7.36. The van der Waals surface area contributed by atoms with Gasteiger partial charge in [0, 0.05) is 23.1 Å². The summed E-state index contributed by atoms with van der Waals surface area (Å²) in [5.74, 6) is 1.87. The van der Waals surface area contributed by atoms with E-state index in [-0.39, 0.29) is 6.04 Å². The maximum atomic E-state index is 6.07. The van der Waals surface area contributed by atoms with Crippen molar-refractivity contribution in [3.63, 3.8) is 0 Å². The molecule has 2 N–H and O–H groups in total. The Bertz CT molecular complexity index is 453. The minimum absolute atomic E-state index is 0.131. The van der Waals surface area contributed by atoms with Crippen molar-refractivity contribution in [2.45, 2.75) is 24.3 Å². The second-order valence-electron chi connectivity index (χ2n) is 4.17. The average molecular weight is 247 g/mol. The summed E-state index contributed by atoms with van der Waals surface area (Å²) < 4.78 is 5.29. The summed E-state index contributed by atoms with van der Waals surface area (Å²) >= 11 is 1.80. The summed E-state index contributed by atoms with van der Waals surface area (Å²) in [5, 5.41) is 0. The second kappa shape index (κ2) is 5.94. The normalized spacial score (nSPS) is 12.6. The number of hydrogen-bond acceptors (Lipinski definition) is 3. The van der Waals surface area contributed by atoms with Gasteiger partial charge in [-0.25, -0.2) is 0 Å². The Morgan fingerprint density at radius 2 is 2.18 bits per heavy atom. The van der Waals surface area contributed by atoms with Crippen molar-refractivity contribution in [1.82, 2.24) is 0 Å². The summed E-state index contributed by atoms with van der Waals surface area (Å²) in [6, 6.07) is 12.5. The van der Waals surface area contributed by atoms with Crippen molar-refractivity contribution in [2.24, 2.45) is 5.73 Å². The number of hydrogen-bond donors (Lipinski definition) is 1. The summed E-state index contributed by atoms with van der Waals surface area (Å²) in [7, 11) is 0. The third-order valence-corrected chi connectivity index (χ3v) is 3.68. The number of rotatable bonds is 5. The Labute approximate surface area is 106 Å². The number of benzene rings is 1. The van der Waals surface area contributed by atoms with Crippen molar-refractivity contribution in [1.29, 1.82) is 0 Å². The number of thioether (sulfide) groups is 1. The van der Waals surface area contributed by atoms with Gasteiger partial charge >= 0.3 is 0 Å². The molecule has 1 unspecified atom stereocenters. The molecule has 1 aromatic carbocycles. The fourth-order valence-electron chi connectivity index (χ4n) is 1.65. The molecule has 0 amide bonds. The summed E-state index contributed by atoms with van der Waals surface area (Å²) in [4.78, 5) is 1.28. The minimum Gasteiger partial charge on any atom is -0.469 e. The van der Waals surface area contributed by atoms with E-state index in [0.29, 0.717) is 0 Å². The van der Waals surface area contributed by atoms with Gasteiger partial charge < -0.3 is 10.2 Å². The molecule has 90 valence electrons. The van der Waals surface area contributed by atoms with Crippen LogP contribution in [0.5, 0.6) is 0 Å². The third kappa shape index (κ3) is 3.95. The van der Waals surface area contributed by atoms with Gasteiger partial charge in [-0.05, 0) is 31.2 Å². The van der Waals surface area contributed by atoms with E-state index < -0.39 is 0 Å². The fourth-order valence-corrected chi connectivity index (χ4v) is 2.62. The van der Waals surface area contributed by atoms with Gasteiger partial charge in [0.1, 0.15) is 5.76 Å². The molecule has 0 aliphatic rings. The lowest BCUT2D eigenvalue weighted by molar-refractivity contribution is 0.493. The molecule has 0 fully saturated rings. The Kier molecular flexibility index (Phi) is 4.29. The number of nitrogens with two attached hydrogens (primary N) is 1. The molecule has 0 bridgehead atoms. The van der Waals surface area contributed by atoms with Crippen LogP contribution in [0.15, 0.2) is 52.0 Å². The van der Waals surface area contributed by atoms with Gasteiger partial charge in [-0.1, -0.05) is 17.7 Å². The highest BCUT2D eigenvalue weighted by atomic mass is 32.2. The molecule has 0 saturated carbocycles. The first kappa shape index (κ1) is 12.3. The van der Waals surface area contributed by atoms with Crippen molar-refractivity contribution >= 4 is 11.8 Å².